The fourth-order valence-corrected chi connectivity index (χ4v) is 2.48. The summed E-state index contributed by atoms with van der Waals surface area (Å²) < 4.78 is 26.9. The van der Waals surface area contributed by atoms with Gasteiger partial charge in [-0.2, -0.15) is 5.26 Å². The predicted molar refractivity (Wildman–Crippen MR) is 80.7 cm³/mol. The minimum atomic E-state index is -0.545. The predicted octanol–water partition coefficient (Wildman–Crippen LogP) is 1.48. The lowest BCUT2D eigenvalue weighted by molar-refractivity contribution is -0.131. The number of amides is 1. The number of halogens is 2. The van der Waals surface area contributed by atoms with Gasteiger partial charge in [-0.25, -0.2) is 18.7 Å². The number of nitrogens with zero attached hydrogens (tertiary/aromatic N) is 5. The highest BCUT2D eigenvalue weighted by atomic mass is 19.1. The average Bonchev–Trinajstić information content (AvgIpc) is 2.60. The largest absolute Gasteiger partial charge is 0.335 e. The summed E-state index contributed by atoms with van der Waals surface area (Å²) in [4.78, 5) is 23.5. The van der Waals surface area contributed by atoms with Crippen LogP contribution in [-0.2, 0) is 11.3 Å². The number of benzene rings is 1. The molecular weight excluding hydrogens is 316 g/mol. The van der Waals surface area contributed by atoms with Crippen LogP contribution in [0, 0.1) is 23.0 Å². The van der Waals surface area contributed by atoms with E-state index in [9.17, 15) is 13.6 Å². The second-order valence-electron chi connectivity index (χ2n) is 5.33. The van der Waals surface area contributed by atoms with Crippen molar-refractivity contribution in [3.63, 3.8) is 0 Å². The molecule has 1 saturated heterocycles. The zero-order valence-corrected chi connectivity index (χ0v) is 12.6. The SMILES string of the molecule is N#Cc1ccnc(N2CCN(Cc3cc(F)ccc3F)C(=O)C2)n1. The van der Waals surface area contributed by atoms with Gasteiger partial charge in [0.05, 0.1) is 0 Å². The Kier molecular flexibility index (Phi) is 4.33. The van der Waals surface area contributed by atoms with Crippen molar-refractivity contribution in [1.29, 1.82) is 5.26 Å². The second kappa shape index (κ2) is 6.58. The molecule has 0 radical (unpaired) electrons. The molecule has 1 aromatic heterocycles. The molecule has 3 rings (SSSR count). The molecule has 8 heteroatoms. The van der Waals surface area contributed by atoms with Gasteiger partial charge in [-0.1, -0.05) is 0 Å². The molecule has 0 bridgehead atoms. The van der Waals surface area contributed by atoms with Crippen molar-refractivity contribution in [2.45, 2.75) is 6.54 Å². The summed E-state index contributed by atoms with van der Waals surface area (Å²) in [7, 11) is 0. The quantitative estimate of drug-likeness (QED) is 0.853. The molecule has 1 aliphatic heterocycles. The zero-order valence-electron chi connectivity index (χ0n) is 12.6. The number of anilines is 1. The van der Waals surface area contributed by atoms with Crippen molar-refractivity contribution in [1.82, 2.24) is 14.9 Å². The van der Waals surface area contributed by atoms with Crippen molar-refractivity contribution in [2.24, 2.45) is 0 Å². The Labute approximate surface area is 137 Å². The summed E-state index contributed by atoms with van der Waals surface area (Å²) in [5, 5.41) is 8.87. The van der Waals surface area contributed by atoms with Crippen LogP contribution in [0.15, 0.2) is 30.5 Å². The van der Waals surface area contributed by atoms with Crippen LogP contribution in [0.3, 0.4) is 0 Å². The molecular formula is C16H13F2N5O. The Morgan fingerprint density at radius 2 is 2.08 bits per heavy atom. The van der Waals surface area contributed by atoms with E-state index in [1.807, 2.05) is 6.07 Å². The van der Waals surface area contributed by atoms with Crippen molar-refractivity contribution < 1.29 is 13.6 Å². The highest BCUT2D eigenvalue weighted by Gasteiger charge is 2.26. The molecule has 0 saturated carbocycles. The van der Waals surface area contributed by atoms with Gasteiger partial charge in [0, 0.05) is 31.4 Å². The minimum absolute atomic E-state index is 0.00928. The lowest BCUT2D eigenvalue weighted by Gasteiger charge is -2.34. The monoisotopic (exact) mass is 329 g/mol. The first-order chi connectivity index (χ1) is 11.6. The molecule has 24 heavy (non-hydrogen) atoms. The van der Waals surface area contributed by atoms with Crippen LogP contribution in [-0.4, -0.2) is 40.4 Å². The first kappa shape index (κ1) is 15.8. The highest BCUT2D eigenvalue weighted by Crippen LogP contribution is 2.16. The van der Waals surface area contributed by atoms with Crippen LogP contribution in [0.4, 0.5) is 14.7 Å². The standard InChI is InChI=1S/C16H13F2N5O/c17-12-1-2-14(18)11(7-12)9-22-5-6-23(10-15(22)24)16-20-4-3-13(8-19)21-16/h1-4,7H,5-6,9-10H2. The second-order valence-corrected chi connectivity index (χ2v) is 5.33. The maximum absolute atomic E-state index is 13.7. The lowest BCUT2D eigenvalue weighted by atomic mass is 10.1. The Bertz CT molecular complexity index is 820. The maximum atomic E-state index is 13.7. The molecule has 2 aromatic rings. The van der Waals surface area contributed by atoms with Gasteiger partial charge in [0.1, 0.15) is 29.9 Å². The van der Waals surface area contributed by atoms with E-state index >= 15 is 0 Å². The third kappa shape index (κ3) is 3.30. The molecule has 0 spiro atoms. The number of carbonyl (C=O) groups excluding carboxylic acids is 1. The third-order valence-electron chi connectivity index (χ3n) is 3.73. The fourth-order valence-electron chi connectivity index (χ4n) is 2.48. The Morgan fingerprint density at radius 3 is 2.83 bits per heavy atom. The Hall–Kier alpha value is -3.08. The van der Waals surface area contributed by atoms with Gasteiger partial charge in [-0.05, 0) is 24.3 Å². The van der Waals surface area contributed by atoms with E-state index in [0.29, 0.717) is 19.0 Å². The van der Waals surface area contributed by atoms with E-state index in [1.165, 1.54) is 17.2 Å². The van der Waals surface area contributed by atoms with E-state index in [-0.39, 0.29) is 30.3 Å². The topological polar surface area (TPSA) is 73.1 Å². The highest BCUT2D eigenvalue weighted by molar-refractivity contribution is 5.82. The van der Waals surface area contributed by atoms with Crippen LogP contribution in [0.5, 0.6) is 0 Å². The molecule has 0 N–H and O–H groups in total. The van der Waals surface area contributed by atoms with E-state index in [1.54, 1.807) is 4.90 Å². The first-order valence-electron chi connectivity index (χ1n) is 7.26. The van der Waals surface area contributed by atoms with Crippen LogP contribution in [0.25, 0.3) is 0 Å². The first-order valence-corrected chi connectivity index (χ1v) is 7.26. The third-order valence-corrected chi connectivity index (χ3v) is 3.73. The van der Waals surface area contributed by atoms with E-state index in [2.05, 4.69) is 9.97 Å². The maximum Gasteiger partial charge on any atom is 0.242 e. The van der Waals surface area contributed by atoms with Gasteiger partial charge >= 0.3 is 0 Å². The zero-order chi connectivity index (χ0) is 17.1. The van der Waals surface area contributed by atoms with Crippen molar-refractivity contribution in [3.05, 3.63) is 53.4 Å². The van der Waals surface area contributed by atoms with Gasteiger partial charge in [-0.15, -0.1) is 0 Å². The van der Waals surface area contributed by atoms with Crippen LogP contribution >= 0.6 is 0 Å². The summed E-state index contributed by atoms with van der Waals surface area (Å²) in [5.41, 5.74) is 0.358. The van der Waals surface area contributed by atoms with Crippen LogP contribution in [0.1, 0.15) is 11.3 Å². The lowest BCUT2D eigenvalue weighted by Crippen LogP contribution is -2.50. The molecule has 1 amide bonds. The van der Waals surface area contributed by atoms with E-state index in [4.69, 9.17) is 5.26 Å². The summed E-state index contributed by atoms with van der Waals surface area (Å²) in [6.45, 7) is 0.799. The number of carbonyl (C=O) groups is 1. The Morgan fingerprint density at radius 1 is 1.25 bits per heavy atom. The molecule has 6 nitrogen and oxygen atoms in total. The number of hydrogen-bond acceptors (Lipinski definition) is 5. The van der Waals surface area contributed by atoms with Gasteiger partial charge in [0.15, 0.2) is 0 Å². The normalized spacial score (nSPS) is 14.6. The molecule has 1 aromatic carbocycles. The van der Waals surface area contributed by atoms with E-state index < -0.39 is 11.6 Å². The van der Waals surface area contributed by atoms with Gasteiger partial charge < -0.3 is 9.80 Å². The molecule has 0 atom stereocenters. The number of aromatic nitrogens is 2. The minimum Gasteiger partial charge on any atom is -0.335 e. The molecule has 0 aliphatic carbocycles. The van der Waals surface area contributed by atoms with Crippen molar-refractivity contribution in [2.75, 3.05) is 24.5 Å². The number of hydrogen-bond donors (Lipinski definition) is 0. The number of piperazine rings is 1. The number of rotatable bonds is 3. The van der Waals surface area contributed by atoms with Crippen molar-refractivity contribution >= 4 is 11.9 Å². The van der Waals surface area contributed by atoms with Gasteiger partial charge in [-0.3, -0.25) is 4.79 Å². The molecule has 1 fully saturated rings. The molecule has 2 heterocycles. The Balaban J connectivity index is 1.70. The van der Waals surface area contributed by atoms with E-state index in [0.717, 1.165) is 18.2 Å². The average molecular weight is 329 g/mol. The van der Waals surface area contributed by atoms with Crippen LogP contribution < -0.4 is 4.90 Å². The van der Waals surface area contributed by atoms with Crippen molar-refractivity contribution in [3.8, 4) is 6.07 Å². The molecule has 0 unspecified atom stereocenters. The molecule has 122 valence electrons. The van der Waals surface area contributed by atoms with Gasteiger partial charge in [0.25, 0.3) is 0 Å². The van der Waals surface area contributed by atoms with Gasteiger partial charge in [0.2, 0.25) is 11.9 Å². The smallest absolute Gasteiger partial charge is 0.242 e. The number of nitriles is 1. The summed E-state index contributed by atoms with van der Waals surface area (Å²) in [5.74, 6) is -1.02. The molecule has 1 aliphatic rings. The summed E-state index contributed by atoms with van der Waals surface area (Å²) in [6, 6.07) is 6.58. The van der Waals surface area contributed by atoms with Crippen LogP contribution in [0.2, 0.25) is 0 Å². The summed E-state index contributed by atoms with van der Waals surface area (Å²) >= 11 is 0. The summed E-state index contributed by atoms with van der Waals surface area (Å²) in [6.07, 6.45) is 1.46. The fraction of sp³-hybridized carbons (Fsp3) is 0.250.